The van der Waals surface area contributed by atoms with Gasteiger partial charge in [0.05, 0.1) is 13.2 Å². The molecule has 0 aromatic heterocycles. The first kappa shape index (κ1) is 16.9. The predicted molar refractivity (Wildman–Crippen MR) is 105 cm³/mol. The second-order valence-corrected chi connectivity index (χ2v) is 7.38. The Morgan fingerprint density at radius 1 is 0.846 bits per heavy atom. The number of rotatable bonds is 7. The van der Waals surface area contributed by atoms with Gasteiger partial charge < -0.3 is 9.47 Å². The van der Waals surface area contributed by atoms with Crippen LogP contribution in [0.4, 0.5) is 0 Å². The molecule has 132 valence electrons. The minimum Gasteiger partial charge on any atom is -0.457 e. The molecule has 0 spiro atoms. The molecule has 0 unspecified atom stereocenters. The number of hydrogen-bond donors (Lipinski definition) is 0. The molecular weight excluding hydrogens is 320 g/mol. The molecule has 1 aliphatic carbocycles. The summed E-state index contributed by atoms with van der Waals surface area (Å²) in [5.41, 5.74) is 2.83. The van der Waals surface area contributed by atoms with Crippen LogP contribution in [0.2, 0.25) is 0 Å². The van der Waals surface area contributed by atoms with Gasteiger partial charge in [0.15, 0.2) is 0 Å². The van der Waals surface area contributed by atoms with E-state index in [9.17, 15) is 0 Å². The molecule has 1 aliphatic rings. The molecule has 0 N–H and O–H groups in total. The normalized spacial score (nSPS) is 21.3. The van der Waals surface area contributed by atoms with Crippen molar-refractivity contribution in [1.29, 1.82) is 0 Å². The Bertz CT molecular complexity index is 844. The third-order valence-electron chi connectivity index (χ3n) is 5.13. The van der Waals surface area contributed by atoms with Crippen molar-refractivity contribution in [2.24, 2.45) is 5.41 Å². The summed E-state index contributed by atoms with van der Waals surface area (Å²) in [6, 6.07) is 28.7. The zero-order valence-electron chi connectivity index (χ0n) is 15.1. The summed E-state index contributed by atoms with van der Waals surface area (Å²) in [6.07, 6.45) is 1.20. The molecule has 2 atom stereocenters. The quantitative estimate of drug-likeness (QED) is 0.509. The standard InChI is InChI=1S/C24H24O2/c1-24(16-23(24)20-10-4-2-5-11-20)18-25-17-19-9-8-14-22(15-19)26-21-12-6-3-7-13-21/h2-15,23H,16-18H2,1H3/t23-,24-/m0/s1. The smallest absolute Gasteiger partial charge is 0.127 e. The van der Waals surface area contributed by atoms with Gasteiger partial charge in [-0.15, -0.1) is 0 Å². The van der Waals surface area contributed by atoms with E-state index >= 15 is 0 Å². The highest BCUT2D eigenvalue weighted by molar-refractivity contribution is 5.34. The highest BCUT2D eigenvalue weighted by Crippen LogP contribution is 2.59. The largest absolute Gasteiger partial charge is 0.457 e. The molecule has 1 fully saturated rings. The molecule has 0 aliphatic heterocycles. The van der Waals surface area contributed by atoms with Gasteiger partial charge in [0.2, 0.25) is 0 Å². The second kappa shape index (κ2) is 7.35. The van der Waals surface area contributed by atoms with Crippen LogP contribution >= 0.6 is 0 Å². The summed E-state index contributed by atoms with van der Waals surface area (Å²) in [5.74, 6) is 2.32. The van der Waals surface area contributed by atoms with Crippen molar-refractivity contribution in [1.82, 2.24) is 0 Å². The van der Waals surface area contributed by atoms with Crippen LogP contribution in [-0.2, 0) is 11.3 Å². The summed E-state index contributed by atoms with van der Waals surface area (Å²) in [5, 5.41) is 0. The van der Waals surface area contributed by atoms with Gasteiger partial charge in [0.25, 0.3) is 0 Å². The molecule has 0 amide bonds. The predicted octanol–water partition coefficient (Wildman–Crippen LogP) is 6.19. The molecule has 2 nitrogen and oxygen atoms in total. The Labute approximate surface area is 155 Å². The summed E-state index contributed by atoms with van der Waals surface area (Å²) >= 11 is 0. The van der Waals surface area contributed by atoms with E-state index in [1.165, 1.54) is 12.0 Å². The fourth-order valence-corrected chi connectivity index (χ4v) is 3.50. The van der Waals surface area contributed by atoms with Crippen LogP contribution in [0.5, 0.6) is 11.5 Å². The lowest BCUT2D eigenvalue weighted by atomic mass is 10.0. The molecule has 0 heterocycles. The van der Waals surface area contributed by atoms with Gasteiger partial charge in [-0.25, -0.2) is 0 Å². The second-order valence-electron chi connectivity index (χ2n) is 7.38. The number of para-hydroxylation sites is 1. The minimum atomic E-state index is 0.263. The Morgan fingerprint density at radius 2 is 1.54 bits per heavy atom. The summed E-state index contributed by atoms with van der Waals surface area (Å²) in [6.45, 7) is 3.72. The number of hydrogen-bond acceptors (Lipinski definition) is 2. The van der Waals surface area contributed by atoms with Gasteiger partial charge in [-0.1, -0.05) is 67.6 Å². The minimum absolute atomic E-state index is 0.263. The topological polar surface area (TPSA) is 18.5 Å². The van der Waals surface area contributed by atoms with Crippen molar-refractivity contribution in [3.05, 3.63) is 96.1 Å². The van der Waals surface area contributed by atoms with E-state index in [2.05, 4.69) is 49.4 Å². The lowest BCUT2D eigenvalue weighted by molar-refractivity contribution is 0.0819. The molecule has 0 radical (unpaired) electrons. The SMILES string of the molecule is C[C@@]1(COCc2cccc(Oc3ccccc3)c2)C[C@H]1c1ccccc1. The summed E-state index contributed by atoms with van der Waals surface area (Å²) in [7, 11) is 0. The van der Waals surface area contributed by atoms with Gasteiger partial charge in [-0.2, -0.15) is 0 Å². The molecule has 2 heteroatoms. The maximum absolute atomic E-state index is 6.05. The highest BCUT2D eigenvalue weighted by atomic mass is 16.5. The number of ether oxygens (including phenoxy) is 2. The van der Waals surface area contributed by atoms with Crippen molar-refractivity contribution in [3.8, 4) is 11.5 Å². The molecular formula is C24H24O2. The maximum atomic E-state index is 6.05. The van der Waals surface area contributed by atoms with E-state index in [0.29, 0.717) is 12.5 Å². The first-order valence-electron chi connectivity index (χ1n) is 9.17. The van der Waals surface area contributed by atoms with Gasteiger partial charge in [-0.3, -0.25) is 0 Å². The molecule has 3 aromatic rings. The van der Waals surface area contributed by atoms with Gasteiger partial charge in [-0.05, 0) is 53.1 Å². The Kier molecular flexibility index (Phi) is 4.77. The third kappa shape index (κ3) is 3.97. The Morgan fingerprint density at radius 3 is 2.31 bits per heavy atom. The fourth-order valence-electron chi connectivity index (χ4n) is 3.50. The van der Waals surface area contributed by atoms with Crippen LogP contribution < -0.4 is 4.74 Å². The van der Waals surface area contributed by atoms with Crippen LogP contribution in [0.1, 0.15) is 30.4 Å². The summed E-state index contributed by atoms with van der Waals surface area (Å²) < 4.78 is 11.9. The van der Waals surface area contributed by atoms with Crippen molar-refractivity contribution in [2.45, 2.75) is 25.9 Å². The zero-order valence-corrected chi connectivity index (χ0v) is 15.1. The van der Waals surface area contributed by atoms with Crippen LogP contribution in [0.15, 0.2) is 84.9 Å². The monoisotopic (exact) mass is 344 g/mol. The van der Waals surface area contributed by atoms with Gasteiger partial charge in [0, 0.05) is 0 Å². The first-order chi connectivity index (χ1) is 12.7. The van der Waals surface area contributed by atoms with Crippen molar-refractivity contribution >= 4 is 0 Å². The summed E-state index contributed by atoms with van der Waals surface area (Å²) in [4.78, 5) is 0. The Balaban J connectivity index is 1.31. The molecule has 0 bridgehead atoms. The molecule has 4 rings (SSSR count). The van der Waals surface area contributed by atoms with Gasteiger partial charge in [0.1, 0.15) is 11.5 Å². The highest BCUT2D eigenvalue weighted by Gasteiger charge is 2.50. The third-order valence-corrected chi connectivity index (χ3v) is 5.13. The fraction of sp³-hybridized carbons (Fsp3) is 0.250. The van der Waals surface area contributed by atoms with Crippen molar-refractivity contribution in [3.63, 3.8) is 0 Å². The molecule has 3 aromatic carbocycles. The number of benzene rings is 3. The van der Waals surface area contributed by atoms with Crippen LogP contribution in [0.3, 0.4) is 0 Å². The van der Waals surface area contributed by atoms with Crippen molar-refractivity contribution < 1.29 is 9.47 Å². The van der Waals surface area contributed by atoms with Crippen molar-refractivity contribution in [2.75, 3.05) is 6.61 Å². The van der Waals surface area contributed by atoms with E-state index in [1.54, 1.807) is 0 Å². The van der Waals surface area contributed by atoms with Crippen LogP contribution in [0.25, 0.3) is 0 Å². The van der Waals surface area contributed by atoms with E-state index in [0.717, 1.165) is 23.7 Å². The molecule has 1 saturated carbocycles. The van der Waals surface area contributed by atoms with Crippen LogP contribution in [0, 0.1) is 5.41 Å². The lowest BCUT2D eigenvalue weighted by Gasteiger charge is -2.13. The maximum Gasteiger partial charge on any atom is 0.127 e. The van der Waals surface area contributed by atoms with E-state index in [4.69, 9.17) is 9.47 Å². The lowest BCUT2D eigenvalue weighted by Crippen LogP contribution is -2.08. The van der Waals surface area contributed by atoms with Crippen LogP contribution in [-0.4, -0.2) is 6.61 Å². The average molecular weight is 344 g/mol. The van der Waals surface area contributed by atoms with E-state index in [-0.39, 0.29) is 5.41 Å². The molecule has 0 saturated heterocycles. The molecule has 26 heavy (non-hydrogen) atoms. The first-order valence-corrected chi connectivity index (χ1v) is 9.17. The van der Waals surface area contributed by atoms with Gasteiger partial charge >= 0.3 is 0 Å². The average Bonchev–Trinajstić information content (AvgIpc) is 3.35. The van der Waals surface area contributed by atoms with E-state index < -0.39 is 0 Å². The Hall–Kier alpha value is -2.58. The zero-order chi connectivity index (χ0) is 17.8. The van der Waals surface area contributed by atoms with E-state index in [1.807, 2.05) is 42.5 Å².